The minimum atomic E-state index is 0. The lowest BCUT2D eigenvalue weighted by molar-refractivity contribution is 0.0347. The van der Waals surface area contributed by atoms with Gasteiger partial charge in [0.15, 0.2) is 5.96 Å². The number of methoxy groups -OCH3 is 1. The van der Waals surface area contributed by atoms with Crippen molar-refractivity contribution in [3.63, 3.8) is 0 Å². The summed E-state index contributed by atoms with van der Waals surface area (Å²) in [7, 11) is 1.71. The van der Waals surface area contributed by atoms with E-state index < -0.39 is 0 Å². The summed E-state index contributed by atoms with van der Waals surface area (Å²) < 4.78 is 16.6. The Bertz CT molecular complexity index is 578. The van der Waals surface area contributed by atoms with Crippen molar-refractivity contribution >= 4 is 29.9 Å². The molecule has 154 valence electrons. The number of guanidine groups is 1. The van der Waals surface area contributed by atoms with E-state index >= 15 is 0 Å². The second kappa shape index (κ2) is 13.2. The first-order valence-electron chi connectivity index (χ1n) is 9.50. The van der Waals surface area contributed by atoms with Crippen molar-refractivity contribution < 1.29 is 14.2 Å². The molecule has 2 atom stereocenters. The molecule has 0 bridgehead atoms. The molecule has 2 unspecified atom stereocenters. The molecule has 2 rings (SSSR count). The molecular formula is C20H34IN3O3. The van der Waals surface area contributed by atoms with Gasteiger partial charge in [0.2, 0.25) is 0 Å². The van der Waals surface area contributed by atoms with Gasteiger partial charge in [-0.05, 0) is 50.8 Å². The highest BCUT2D eigenvalue weighted by Crippen LogP contribution is 2.19. The lowest BCUT2D eigenvalue weighted by Crippen LogP contribution is -2.44. The molecule has 1 saturated heterocycles. The van der Waals surface area contributed by atoms with Gasteiger partial charge < -0.3 is 24.8 Å². The smallest absolute Gasteiger partial charge is 0.191 e. The van der Waals surface area contributed by atoms with Gasteiger partial charge in [-0.1, -0.05) is 12.1 Å². The molecule has 1 aromatic rings. The largest absolute Gasteiger partial charge is 0.496 e. The highest BCUT2D eigenvalue weighted by Gasteiger charge is 2.17. The zero-order valence-electron chi connectivity index (χ0n) is 16.9. The highest BCUT2D eigenvalue weighted by molar-refractivity contribution is 14.0. The quantitative estimate of drug-likeness (QED) is 0.316. The minimum absolute atomic E-state index is 0. The van der Waals surface area contributed by atoms with Crippen molar-refractivity contribution in [1.29, 1.82) is 0 Å². The molecule has 0 aromatic heterocycles. The molecule has 0 spiro atoms. The van der Waals surface area contributed by atoms with Gasteiger partial charge in [0, 0.05) is 25.7 Å². The van der Waals surface area contributed by atoms with Crippen LogP contribution in [0.5, 0.6) is 5.75 Å². The van der Waals surface area contributed by atoms with E-state index in [1.807, 2.05) is 0 Å². The maximum atomic E-state index is 5.87. The molecule has 2 N–H and O–H groups in total. The van der Waals surface area contributed by atoms with Crippen LogP contribution in [0.15, 0.2) is 23.2 Å². The fourth-order valence-corrected chi connectivity index (χ4v) is 2.84. The molecule has 7 heteroatoms. The zero-order chi connectivity index (χ0) is 18.8. The summed E-state index contributed by atoms with van der Waals surface area (Å²) in [5.74, 6) is 1.75. The number of ether oxygens (including phenoxy) is 3. The average molecular weight is 491 g/mol. The van der Waals surface area contributed by atoms with Crippen LogP contribution in [0.25, 0.3) is 0 Å². The van der Waals surface area contributed by atoms with E-state index in [1.54, 1.807) is 7.11 Å². The maximum absolute atomic E-state index is 5.87. The van der Waals surface area contributed by atoms with Crippen LogP contribution in [0.1, 0.15) is 31.4 Å². The molecule has 1 aliphatic heterocycles. The molecule has 1 fully saturated rings. The molecule has 0 saturated carbocycles. The summed E-state index contributed by atoms with van der Waals surface area (Å²) >= 11 is 0. The highest BCUT2D eigenvalue weighted by atomic mass is 127. The zero-order valence-corrected chi connectivity index (χ0v) is 19.2. The van der Waals surface area contributed by atoms with Gasteiger partial charge >= 0.3 is 0 Å². The fourth-order valence-electron chi connectivity index (χ4n) is 2.84. The molecule has 0 radical (unpaired) electrons. The molecule has 0 aliphatic carbocycles. The number of halogens is 1. The van der Waals surface area contributed by atoms with Gasteiger partial charge in [-0.15, -0.1) is 24.0 Å². The second-order valence-corrected chi connectivity index (χ2v) is 6.68. The first kappa shape index (κ1) is 24.0. The van der Waals surface area contributed by atoms with Crippen LogP contribution in [0.2, 0.25) is 0 Å². The molecule has 1 aromatic carbocycles. The number of aryl methyl sites for hydroxylation is 1. The van der Waals surface area contributed by atoms with Gasteiger partial charge in [-0.3, -0.25) is 4.99 Å². The van der Waals surface area contributed by atoms with E-state index in [4.69, 9.17) is 14.2 Å². The van der Waals surface area contributed by atoms with E-state index in [2.05, 4.69) is 54.6 Å². The first-order chi connectivity index (χ1) is 12.6. The Kier molecular flexibility index (Phi) is 11.7. The van der Waals surface area contributed by atoms with Crippen LogP contribution in [-0.4, -0.2) is 58.1 Å². The standard InChI is InChI=1S/C20H33N3O3.HI/c1-5-21-20(23-16(3)13-26-18-9-11-25-14-18)22-10-8-17-7-6-15(2)19(12-17)24-4;/h6-7,12,16,18H,5,8-11,13-14H2,1-4H3,(H2,21,22,23);1H. The average Bonchev–Trinajstić information content (AvgIpc) is 3.15. The number of rotatable bonds is 9. The van der Waals surface area contributed by atoms with Gasteiger partial charge in [-0.25, -0.2) is 0 Å². The number of hydrogen-bond acceptors (Lipinski definition) is 4. The Morgan fingerprint density at radius 3 is 2.89 bits per heavy atom. The number of aliphatic imine (C=N–C) groups is 1. The van der Waals surface area contributed by atoms with Gasteiger partial charge in [-0.2, -0.15) is 0 Å². The van der Waals surface area contributed by atoms with Crippen molar-refractivity contribution in [3.8, 4) is 5.75 Å². The molecule has 27 heavy (non-hydrogen) atoms. The predicted molar refractivity (Wildman–Crippen MR) is 121 cm³/mol. The summed E-state index contributed by atoms with van der Waals surface area (Å²) in [6, 6.07) is 6.50. The first-order valence-corrected chi connectivity index (χ1v) is 9.50. The Hall–Kier alpha value is -1.06. The van der Waals surface area contributed by atoms with Crippen molar-refractivity contribution in [2.24, 2.45) is 4.99 Å². The Labute approximate surface area is 180 Å². The summed E-state index contributed by atoms with van der Waals surface area (Å²) in [6.07, 6.45) is 2.09. The molecule has 1 heterocycles. The van der Waals surface area contributed by atoms with Crippen LogP contribution < -0.4 is 15.4 Å². The molecule has 0 amide bonds. The van der Waals surface area contributed by atoms with Crippen LogP contribution in [0, 0.1) is 6.92 Å². The summed E-state index contributed by atoms with van der Waals surface area (Å²) in [6.45, 7) is 9.93. The predicted octanol–water partition coefficient (Wildman–Crippen LogP) is 2.91. The number of benzene rings is 1. The SMILES string of the molecule is CCNC(=NCCc1ccc(C)c(OC)c1)NC(C)COC1CCOC1.I. The lowest BCUT2D eigenvalue weighted by atomic mass is 10.1. The van der Waals surface area contributed by atoms with Gasteiger partial charge in [0.25, 0.3) is 0 Å². The van der Waals surface area contributed by atoms with Gasteiger partial charge in [0.1, 0.15) is 5.75 Å². The van der Waals surface area contributed by atoms with Crippen LogP contribution in [-0.2, 0) is 15.9 Å². The summed E-state index contributed by atoms with van der Waals surface area (Å²) in [5, 5.41) is 6.70. The summed E-state index contributed by atoms with van der Waals surface area (Å²) in [4.78, 5) is 4.68. The third-order valence-corrected chi connectivity index (χ3v) is 4.34. The van der Waals surface area contributed by atoms with E-state index in [9.17, 15) is 0 Å². The third-order valence-electron chi connectivity index (χ3n) is 4.34. The molecular weight excluding hydrogens is 457 g/mol. The molecule has 6 nitrogen and oxygen atoms in total. The van der Waals surface area contributed by atoms with Crippen LogP contribution in [0.3, 0.4) is 0 Å². The topological polar surface area (TPSA) is 64.1 Å². The van der Waals surface area contributed by atoms with Crippen molar-refractivity contribution in [3.05, 3.63) is 29.3 Å². The second-order valence-electron chi connectivity index (χ2n) is 6.68. The van der Waals surface area contributed by atoms with E-state index in [-0.39, 0.29) is 36.1 Å². The van der Waals surface area contributed by atoms with Crippen molar-refractivity contribution in [2.45, 2.75) is 45.8 Å². The van der Waals surface area contributed by atoms with E-state index in [0.717, 1.165) is 43.3 Å². The molecule has 1 aliphatic rings. The Morgan fingerprint density at radius 2 is 2.22 bits per heavy atom. The minimum Gasteiger partial charge on any atom is -0.496 e. The monoisotopic (exact) mass is 491 g/mol. The Balaban J connectivity index is 0.00000364. The van der Waals surface area contributed by atoms with Crippen LogP contribution >= 0.6 is 24.0 Å². The number of hydrogen-bond donors (Lipinski definition) is 2. The Morgan fingerprint density at radius 1 is 1.41 bits per heavy atom. The number of nitrogens with zero attached hydrogens (tertiary/aromatic N) is 1. The normalized spacial score (nSPS) is 17.9. The van der Waals surface area contributed by atoms with Crippen molar-refractivity contribution in [2.75, 3.05) is 40.0 Å². The fraction of sp³-hybridized carbons (Fsp3) is 0.650. The summed E-state index contributed by atoms with van der Waals surface area (Å²) in [5.41, 5.74) is 2.38. The lowest BCUT2D eigenvalue weighted by Gasteiger charge is -2.19. The number of nitrogens with one attached hydrogen (secondary N) is 2. The third kappa shape index (κ3) is 8.66. The van der Waals surface area contributed by atoms with E-state index in [0.29, 0.717) is 19.8 Å². The maximum Gasteiger partial charge on any atom is 0.191 e. The van der Waals surface area contributed by atoms with E-state index in [1.165, 1.54) is 5.56 Å². The van der Waals surface area contributed by atoms with Gasteiger partial charge in [0.05, 0.1) is 26.4 Å². The van der Waals surface area contributed by atoms with Crippen LogP contribution in [0.4, 0.5) is 0 Å². The van der Waals surface area contributed by atoms with Crippen molar-refractivity contribution in [1.82, 2.24) is 10.6 Å².